The molecule has 2 aromatic rings. The molecule has 0 atom stereocenters. The van der Waals surface area contributed by atoms with Crippen molar-refractivity contribution in [2.24, 2.45) is 0 Å². The molecule has 5 heteroatoms. The van der Waals surface area contributed by atoms with Crippen LogP contribution in [0.15, 0.2) is 29.6 Å². The van der Waals surface area contributed by atoms with E-state index in [4.69, 9.17) is 11.6 Å². The Morgan fingerprint density at radius 1 is 1.27 bits per heavy atom. The van der Waals surface area contributed by atoms with E-state index < -0.39 is 0 Å². The third-order valence-corrected chi connectivity index (χ3v) is 5.48. The van der Waals surface area contributed by atoms with Crippen molar-refractivity contribution < 1.29 is 4.79 Å². The highest BCUT2D eigenvalue weighted by molar-refractivity contribution is 7.13. The molecule has 3 rings (SSSR count). The zero-order valence-corrected chi connectivity index (χ0v) is 14.2. The van der Waals surface area contributed by atoms with Gasteiger partial charge in [0.25, 0.3) is 5.91 Å². The van der Waals surface area contributed by atoms with Crippen molar-refractivity contribution in [3.63, 3.8) is 0 Å². The largest absolute Gasteiger partial charge is 0.337 e. The van der Waals surface area contributed by atoms with Gasteiger partial charge in [0.2, 0.25) is 0 Å². The van der Waals surface area contributed by atoms with E-state index in [-0.39, 0.29) is 5.91 Å². The molecule has 116 valence electrons. The number of carbonyl (C=O) groups is 1. The molecule has 1 saturated carbocycles. The molecule has 0 radical (unpaired) electrons. The van der Waals surface area contributed by atoms with E-state index in [1.54, 1.807) is 0 Å². The maximum absolute atomic E-state index is 12.6. The van der Waals surface area contributed by atoms with Crippen molar-refractivity contribution in [3.05, 3.63) is 40.4 Å². The number of benzene rings is 1. The first kappa shape index (κ1) is 15.5. The Bertz CT molecular complexity index is 664. The summed E-state index contributed by atoms with van der Waals surface area (Å²) in [6.07, 6.45) is 5.91. The normalized spacial score (nSPS) is 15.7. The summed E-state index contributed by atoms with van der Waals surface area (Å²) in [5, 5.41) is 3.29. The molecule has 1 aliphatic carbocycles. The highest BCUT2D eigenvalue weighted by Crippen LogP contribution is 2.31. The fraction of sp³-hybridized carbons (Fsp3) is 0.412. The van der Waals surface area contributed by atoms with E-state index in [0.717, 1.165) is 23.4 Å². The van der Waals surface area contributed by atoms with Crippen molar-refractivity contribution in [3.8, 4) is 10.6 Å². The lowest BCUT2D eigenvalue weighted by Crippen LogP contribution is -2.38. The smallest absolute Gasteiger partial charge is 0.273 e. The molecular weight excluding hydrogens is 316 g/mol. The van der Waals surface area contributed by atoms with Crippen molar-refractivity contribution in [2.45, 2.75) is 38.1 Å². The van der Waals surface area contributed by atoms with Crippen LogP contribution in [0, 0.1) is 0 Å². The predicted octanol–water partition coefficient (Wildman–Crippen LogP) is 4.87. The quantitative estimate of drug-likeness (QED) is 0.802. The van der Waals surface area contributed by atoms with Crippen molar-refractivity contribution in [1.29, 1.82) is 0 Å². The molecule has 0 unspecified atom stereocenters. The molecule has 0 N–H and O–H groups in total. The van der Waals surface area contributed by atoms with Crippen LogP contribution in [0.3, 0.4) is 0 Å². The lowest BCUT2D eigenvalue weighted by molar-refractivity contribution is 0.0691. The fourth-order valence-corrected chi connectivity index (χ4v) is 4.06. The molecule has 3 nitrogen and oxygen atoms in total. The lowest BCUT2D eigenvalue weighted by atomic mass is 9.94. The first-order valence-electron chi connectivity index (χ1n) is 7.64. The zero-order chi connectivity index (χ0) is 15.5. The third kappa shape index (κ3) is 3.18. The number of halogens is 1. The van der Waals surface area contributed by atoms with E-state index in [1.807, 2.05) is 41.6 Å². The molecular formula is C17H19ClN2OS. The second-order valence-electron chi connectivity index (χ2n) is 5.73. The SMILES string of the molecule is CN(C(=O)c1csc(-c2ccccc2Cl)n1)C1CCCCC1. The first-order valence-corrected chi connectivity index (χ1v) is 8.90. The van der Waals surface area contributed by atoms with Gasteiger partial charge in [-0.15, -0.1) is 11.3 Å². The third-order valence-electron chi connectivity index (χ3n) is 4.27. The van der Waals surface area contributed by atoms with Crippen LogP contribution in [0.4, 0.5) is 0 Å². The Balaban J connectivity index is 1.78. The molecule has 1 aromatic heterocycles. The van der Waals surface area contributed by atoms with Gasteiger partial charge in [0.1, 0.15) is 10.7 Å². The van der Waals surface area contributed by atoms with Crippen LogP contribution in [0.5, 0.6) is 0 Å². The highest BCUT2D eigenvalue weighted by Gasteiger charge is 2.24. The summed E-state index contributed by atoms with van der Waals surface area (Å²) >= 11 is 7.67. The zero-order valence-electron chi connectivity index (χ0n) is 12.6. The van der Waals surface area contributed by atoms with E-state index in [0.29, 0.717) is 16.8 Å². The van der Waals surface area contributed by atoms with Crippen LogP contribution in [0.2, 0.25) is 5.02 Å². The second kappa shape index (κ2) is 6.80. The minimum absolute atomic E-state index is 0.0152. The van der Waals surface area contributed by atoms with Crippen LogP contribution < -0.4 is 0 Å². The number of hydrogen-bond acceptors (Lipinski definition) is 3. The molecule has 0 spiro atoms. The second-order valence-corrected chi connectivity index (χ2v) is 6.99. The topological polar surface area (TPSA) is 33.2 Å². The molecule has 0 bridgehead atoms. The van der Waals surface area contributed by atoms with Crippen LogP contribution in [0.1, 0.15) is 42.6 Å². The Morgan fingerprint density at radius 3 is 2.73 bits per heavy atom. The van der Waals surface area contributed by atoms with Gasteiger partial charge in [0.05, 0.1) is 5.02 Å². The molecule has 1 amide bonds. The summed E-state index contributed by atoms with van der Waals surface area (Å²) < 4.78 is 0. The van der Waals surface area contributed by atoms with Gasteiger partial charge in [-0.1, -0.05) is 49.1 Å². The van der Waals surface area contributed by atoms with E-state index in [9.17, 15) is 4.79 Å². The van der Waals surface area contributed by atoms with Crippen molar-refractivity contribution in [1.82, 2.24) is 9.88 Å². The van der Waals surface area contributed by atoms with Gasteiger partial charge in [-0.25, -0.2) is 4.98 Å². The van der Waals surface area contributed by atoms with Crippen LogP contribution in [-0.2, 0) is 0 Å². The highest BCUT2D eigenvalue weighted by atomic mass is 35.5. The summed E-state index contributed by atoms with van der Waals surface area (Å²) in [6, 6.07) is 7.95. The Morgan fingerprint density at radius 2 is 2.00 bits per heavy atom. The molecule has 22 heavy (non-hydrogen) atoms. The number of thiazole rings is 1. The number of hydrogen-bond donors (Lipinski definition) is 0. The molecule has 1 aromatic carbocycles. The molecule has 1 aliphatic rings. The van der Waals surface area contributed by atoms with Crippen LogP contribution in [-0.4, -0.2) is 28.9 Å². The molecule has 0 saturated heterocycles. The summed E-state index contributed by atoms with van der Waals surface area (Å²) in [5.41, 5.74) is 1.40. The summed E-state index contributed by atoms with van der Waals surface area (Å²) in [5.74, 6) is 0.0152. The van der Waals surface area contributed by atoms with E-state index in [2.05, 4.69) is 4.98 Å². The number of amides is 1. The number of nitrogens with zero attached hydrogens (tertiary/aromatic N) is 2. The van der Waals surface area contributed by atoms with Gasteiger partial charge in [-0.3, -0.25) is 4.79 Å². The molecule has 1 heterocycles. The van der Waals surface area contributed by atoms with Gasteiger partial charge in [0, 0.05) is 24.0 Å². The number of carbonyl (C=O) groups excluding carboxylic acids is 1. The predicted molar refractivity (Wildman–Crippen MR) is 91.5 cm³/mol. The molecule has 0 aliphatic heterocycles. The minimum Gasteiger partial charge on any atom is -0.337 e. The summed E-state index contributed by atoms with van der Waals surface area (Å²) in [7, 11) is 1.90. The van der Waals surface area contributed by atoms with E-state index >= 15 is 0 Å². The summed E-state index contributed by atoms with van der Waals surface area (Å²) in [4.78, 5) is 19.0. The van der Waals surface area contributed by atoms with Crippen LogP contribution in [0.25, 0.3) is 10.6 Å². The number of aromatic nitrogens is 1. The first-order chi connectivity index (χ1) is 10.7. The van der Waals surface area contributed by atoms with Crippen molar-refractivity contribution in [2.75, 3.05) is 7.05 Å². The van der Waals surface area contributed by atoms with Crippen LogP contribution >= 0.6 is 22.9 Å². The Hall–Kier alpha value is -1.39. The molecule has 1 fully saturated rings. The average Bonchev–Trinajstić information content (AvgIpc) is 3.04. The minimum atomic E-state index is 0.0152. The van der Waals surface area contributed by atoms with Gasteiger partial charge in [0.15, 0.2) is 0 Å². The standard InChI is InChI=1S/C17H19ClN2OS/c1-20(12-7-3-2-4-8-12)17(21)15-11-22-16(19-15)13-9-5-6-10-14(13)18/h5-6,9-12H,2-4,7-8H2,1H3. The summed E-state index contributed by atoms with van der Waals surface area (Å²) in [6.45, 7) is 0. The van der Waals surface area contributed by atoms with Gasteiger partial charge in [-0.05, 0) is 18.9 Å². The Kier molecular flexibility index (Phi) is 4.79. The Labute approximate surface area is 139 Å². The lowest BCUT2D eigenvalue weighted by Gasteiger charge is -2.30. The maximum atomic E-state index is 12.6. The van der Waals surface area contributed by atoms with Gasteiger partial charge >= 0.3 is 0 Å². The average molecular weight is 335 g/mol. The van der Waals surface area contributed by atoms with Gasteiger partial charge < -0.3 is 4.90 Å². The van der Waals surface area contributed by atoms with E-state index in [1.165, 1.54) is 30.6 Å². The van der Waals surface area contributed by atoms with Gasteiger partial charge in [-0.2, -0.15) is 0 Å². The maximum Gasteiger partial charge on any atom is 0.273 e. The monoisotopic (exact) mass is 334 g/mol. The fourth-order valence-electron chi connectivity index (χ4n) is 2.95. The van der Waals surface area contributed by atoms with Crippen molar-refractivity contribution >= 4 is 28.8 Å². The number of rotatable bonds is 3.